The van der Waals surface area contributed by atoms with E-state index in [9.17, 15) is 9.18 Å². The van der Waals surface area contributed by atoms with E-state index < -0.39 is 0 Å². The van der Waals surface area contributed by atoms with E-state index in [2.05, 4.69) is 5.32 Å². The molecule has 1 aliphatic heterocycles. The molecule has 1 aromatic carbocycles. The molecule has 0 spiro atoms. The standard InChI is InChI=1S/C13H8FNO2/c14-8-3-4-12-10(6-8)11(13(16)15-12)7-9-2-1-5-17-9/h1-7H,(H,15,16)/b11-7+. The second-order valence-corrected chi connectivity index (χ2v) is 3.72. The fourth-order valence-corrected chi connectivity index (χ4v) is 1.82. The summed E-state index contributed by atoms with van der Waals surface area (Å²) in [6.45, 7) is 0. The minimum absolute atomic E-state index is 0.248. The Morgan fingerprint density at radius 3 is 2.94 bits per heavy atom. The average Bonchev–Trinajstić information content (AvgIpc) is 2.90. The molecular weight excluding hydrogens is 221 g/mol. The summed E-state index contributed by atoms with van der Waals surface area (Å²) in [7, 11) is 0. The van der Waals surface area contributed by atoms with Crippen LogP contribution in [0.1, 0.15) is 11.3 Å². The number of nitrogens with one attached hydrogen (secondary N) is 1. The Hall–Kier alpha value is -2.36. The third-order valence-electron chi connectivity index (χ3n) is 2.59. The van der Waals surface area contributed by atoms with Gasteiger partial charge < -0.3 is 9.73 Å². The molecule has 0 saturated heterocycles. The number of rotatable bonds is 1. The fraction of sp³-hybridized carbons (Fsp3) is 0. The number of anilines is 1. The minimum Gasteiger partial charge on any atom is -0.465 e. The van der Waals surface area contributed by atoms with Gasteiger partial charge in [0, 0.05) is 11.3 Å². The third kappa shape index (κ3) is 1.63. The van der Waals surface area contributed by atoms with Gasteiger partial charge in [0.1, 0.15) is 11.6 Å². The maximum absolute atomic E-state index is 13.2. The number of fused-ring (bicyclic) bond motifs is 1. The highest BCUT2D eigenvalue weighted by molar-refractivity contribution is 6.34. The third-order valence-corrected chi connectivity index (χ3v) is 2.59. The van der Waals surface area contributed by atoms with E-state index in [0.29, 0.717) is 22.6 Å². The van der Waals surface area contributed by atoms with Crippen molar-refractivity contribution in [3.8, 4) is 0 Å². The zero-order valence-corrected chi connectivity index (χ0v) is 8.74. The summed E-state index contributed by atoms with van der Waals surface area (Å²) >= 11 is 0. The van der Waals surface area contributed by atoms with Crippen LogP contribution in [0, 0.1) is 5.82 Å². The minimum atomic E-state index is -0.370. The molecule has 1 N–H and O–H groups in total. The van der Waals surface area contributed by atoms with Crippen LogP contribution in [0.3, 0.4) is 0 Å². The van der Waals surface area contributed by atoms with Crippen LogP contribution in [0.2, 0.25) is 0 Å². The summed E-state index contributed by atoms with van der Waals surface area (Å²) in [5.74, 6) is -0.0557. The first kappa shape index (κ1) is 9.84. The molecule has 1 amide bonds. The quantitative estimate of drug-likeness (QED) is 0.764. The van der Waals surface area contributed by atoms with Crippen molar-refractivity contribution in [3.05, 3.63) is 53.7 Å². The van der Waals surface area contributed by atoms with Crippen molar-refractivity contribution < 1.29 is 13.6 Å². The predicted molar refractivity (Wildman–Crippen MR) is 61.6 cm³/mol. The first-order valence-electron chi connectivity index (χ1n) is 5.10. The van der Waals surface area contributed by atoms with Gasteiger partial charge in [-0.15, -0.1) is 0 Å². The lowest BCUT2D eigenvalue weighted by Crippen LogP contribution is -2.03. The van der Waals surface area contributed by atoms with Crippen molar-refractivity contribution in [3.63, 3.8) is 0 Å². The molecule has 0 saturated carbocycles. The first-order chi connectivity index (χ1) is 8.24. The maximum Gasteiger partial charge on any atom is 0.256 e. The summed E-state index contributed by atoms with van der Waals surface area (Å²) in [6, 6.07) is 7.66. The van der Waals surface area contributed by atoms with Crippen molar-refractivity contribution in [2.45, 2.75) is 0 Å². The molecule has 1 aliphatic rings. The number of carbonyl (C=O) groups is 1. The number of hydrogen-bond acceptors (Lipinski definition) is 2. The van der Waals surface area contributed by atoms with Gasteiger partial charge in [0.15, 0.2) is 0 Å². The first-order valence-corrected chi connectivity index (χ1v) is 5.10. The number of hydrogen-bond donors (Lipinski definition) is 1. The molecule has 0 unspecified atom stereocenters. The second kappa shape index (κ2) is 3.59. The number of benzene rings is 1. The Balaban J connectivity index is 2.13. The number of halogens is 1. The SMILES string of the molecule is O=C1Nc2ccc(F)cc2/C1=C\c1ccco1. The van der Waals surface area contributed by atoms with E-state index in [1.165, 1.54) is 18.4 Å². The molecule has 2 heterocycles. The van der Waals surface area contributed by atoms with Gasteiger partial charge in [-0.05, 0) is 36.4 Å². The zero-order chi connectivity index (χ0) is 11.8. The van der Waals surface area contributed by atoms with Gasteiger partial charge in [0.05, 0.1) is 11.8 Å². The molecule has 0 aliphatic carbocycles. The van der Waals surface area contributed by atoms with Crippen LogP contribution in [-0.2, 0) is 4.79 Å². The Kier molecular flexibility index (Phi) is 2.08. The van der Waals surface area contributed by atoms with Crippen molar-refractivity contribution in [1.82, 2.24) is 0 Å². The van der Waals surface area contributed by atoms with Gasteiger partial charge in [-0.25, -0.2) is 4.39 Å². The predicted octanol–water partition coefficient (Wildman–Crippen LogP) is 2.91. The van der Waals surface area contributed by atoms with E-state index >= 15 is 0 Å². The highest BCUT2D eigenvalue weighted by Crippen LogP contribution is 2.33. The van der Waals surface area contributed by atoms with Gasteiger partial charge in [0.2, 0.25) is 0 Å². The van der Waals surface area contributed by atoms with Crippen LogP contribution >= 0.6 is 0 Å². The maximum atomic E-state index is 13.2. The lowest BCUT2D eigenvalue weighted by molar-refractivity contribution is -0.110. The molecule has 0 radical (unpaired) electrons. The van der Waals surface area contributed by atoms with Crippen molar-refractivity contribution in [2.75, 3.05) is 5.32 Å². The average molecular weight is 229 g/mol. The van der Waals surface area contributed by atoms with Gasteiger partial charge in [-0.1, -0.05) is 0 Å². The zero-order valence-electron chi connectivity index (χ0n) is 8.74. The monoisotopic (exact) mass is 229 g/mol. The molecule has 0 fully saturated rings. The summed E-state index contributed by atoms with van der Waals surface area (Å²) in [5.41, 5.74) is 1.59. The number of carbonyl (C=O) groups excluding carboxylic acids is 1. The largest absolute Gasteiger partial charge is 0.465 e. The molecule has 17 heavy (non-hydrogen) atoms. The Morgan fingerprint density at radius 1 is 1.29 bits per heavy atom. The van der Waals surface area contributed by atoms with Crippen LogP contribution < -0.4 is 5.32 Å². The van der Waals surface area contributed by atoms with E-state index in [1.54, 1.807) is 24.3 Å². The molecular formula is C13H8FNO2. The lowest BCUT2D eigenvalue weighted by Gasteiger charge is -1.97. The summed E-state index contributed by atoms with van der Waals surface area (Å²) in [5, 5.41) is 2.67. The van der Waals surface area contributed by atoms with Gasteiger partial charge in [0.25, 0.3) is 5.91 Å². The molecule has 84 valence electrons. The smallest absolute Gasteiger partial charge is 0.256 e. The molecule has 0 bridgehead atoms. The van der Waals surface area contributed by atoms with Crippen molar-refractivity contribution >= 4 is 23.2 Å². The molecule has 3 rings (SSSR count). The normalized spacial score (nSPS) is 16.1. The van der Waals surface area contributed by atoms with Crippen LogP contribution in [0.15, 0.2) is 41.0 Å². The fourth-order valence-electron chi connectivity index (χ4n) is 1.82. The highest BCUT2D eigenvalue weighted by atomic mass is 19.1. The van der Waals surface area contributed by atoms with E-state index in [1.807, 2.05) is 0 Å². The Morgan fingerprint density at radius 2 is 2.18 bits per heavy atom. The summed E-state index contributed by atoms with van der Waals surface area (Å²) in [6.07, 6.45) is 3.12. The Bertz CT molecular complexity index is 614. The highest BCUT2D eigenvalue weighted by Gasteiger charge is 2.24. The lowest BCUT2D eigenvalue weighted by atomic mass is 10.1. The van der Waals surface area contributed by atoms with E-state index in [0.717, 1.165) is 0 Å². The second-order valence-electron chi connectivity index (χ2n) is 3.72. The summed E-state index contributed by atoms with van der Waals surface area (Å²) in [4.78, 5) is 11.7. The summed E-state index contributed by atoms with van der Waals surface area (Å²) < 4.78 is 18.3. The molecule has 3 nitrogen and oxygen atoms in total. The van der Waals surface area contributed by atoms with E-state index in [4.69, 9.17) is 4.42 Å². The van der Waals surface area contributed by atoms with Crippen molar-refractivity contribution in [1.29, 1.82) is 0 Å². The molecule has 4 heteroatoms. The Labute approximate surface area is 96.6 Å². The van der Waals surface area contributed by atoms with Crippen LogP contribution in [0.4, 0.5) is 10.1 Å². The molecule has 1 aromatic heterocycles. The number of amides is 1. The topological polar surface area (TPSA) is 42.2 Å². The van der Waals surface area contributed by atoms with Gasteiger partial charge >= 0.3 is 0 Å². The van der Waals surface area contributed by atoms with E-state index in [-0.39, 0.29) is 11.7 Å². The molecule has 0 atom stereocenters. The van der Waals surface area contributed by atoms with Crippen molar-refractivity contribution in [2.24, 2.45) is 0 Å². The van der Waals surface area contributed by atoms with Crippen LogP contribution in [0.25, 0.3) is 11.6 Å². The van der Waals surface area contributed by atoms with Crippen LogP contribution in [0.5, 0.6) is 0 Å². The van der Waals surface area contributed by atoms with Gasteiger partial charge in [-0.2, -0.15) is 0 Å². The molecule has 2 aromatic rings. The number of furan rings is 1. The van der Waals surface area contributed by atoms with Gasteiger partial charge in [-0.3, -0.25) is 4.79 Å². The van der Waals surface area contributed by atoms with Crippen LogP contribution in [-0.4, -0.2) is 5.91 Å².